The summed E-state index contributed by atoms with van der Waals surface area (Å²) in [4.78, 5) is 87.0. The minimum Gasteiger partial charge on any atom is -0.369 e. The summed E-state index contributed by atoms with van der Waals surface area (Å²) >= 11 is 0. The van der Waals surface area contributed by atoms with Crippen molar-refractivity contribution in [2.75, 3.05) is 0 Å². The van der Waals surface area contributed by atoms with Crippen LogP contribution in [-0.2, 0) is 38.4 Å². The van der Waals surface area contributed by atoms with Crippen molar-refractivity contribution in [2.24, 2.45) is 171 Å². The predicted octanol–water partition coefficient (Wildman–Crippen LogP) is 12.6. The van der Waals surface area contributed by atoms with Crippen LogP contribution in [0.15, 0.2) is 0 Å². The van der Waals surface area contributed by atoms with E-state index in [0.717, 1.165) is 116 Å². The zero-order valence-electron chi connectivity index (χ0n) is 60.5. The maximum absolute atomic E-state index is 11.2. The summed E-state index contributed by atoms with van der Waals surface area (Å²) in [5.74, 6) is 3.63. The van der Waals surface area contributed by atoms with Crippen molar-refractivity contribution in [3.63, 3.8) is 0 Å². The van der Waals surface area contributed by atoms with E-state index in [2.05, 4.69) is 166 Å². The third-order valence-electron chi connectivity index (χ3n) is 22.8. The Morgan fingerprint density at radius 3 is 0.500 bits per heavy atom. The first-order valence-electron chi connectivity index (χ1n) is 33.7. The van der Waals surface area contributed by atoms with Crippen molar-refractivity contribution in [3.8, 4) is 0 Å². The Labute approximate surface area is 536 Å². The number of hydrogen-bond acceptors (Lipinski definition) is 8. The number of nitrogens with two attached hydrogens (primary N) is 8. The first-order chi connectivity index (χ1) is 39.3. The number of primary amides is 8. The molecule has 8 rings (SSSR count). The smallest absolute Gasteiger partial charge is 0.224 e. The van der Waals surface area contributed by atoms with Crippen LogP contribution in [0.5, 0.6) is 0 Å². The third-order valence-corrected chi connectivity index (χ3v) is 22.8. The van der Waals surface area contributed by atoms with Gasteiger partial charge in [0, 0.05) is 35.5 Å². The maximum Gasteiger partial charge on any atom is 0.224 e. The van der Waals surface area contributed by atoms with Gasteiger partial charge in [0.2, 0.25) is 47.3 Å². The molecular weight excluding hydrogens is 1100 g/mol. The quantitative estimate of drug-likeness (QED) is 0.115. The fourth-order valence-corrected chi connectivity index (χ4v) is 14.1. The van der Waals surface area contributed by atoms with Gasteiger partial charge in [-0.05, 0) is 182 Å². The second kappa shape index (κ2) is 30.9. The Hall–Kier alpha value is -4.24. The Morgan fingerprint density at radius 1 is 0.273 bits per heavy atom. The molecule has 6 atom stereocenters. The second-order valence-corrected chi connectivity index (χ2v) is 36.7. The summed E-state index contributed by atoms with van der Waals surface area (Å²) in [5, 5.41) is 0. The Kier molecular flexibility index (Phi) is 28.7. The van der Waals surface area contributed by atoms with Crippen LogP contribution in [0.1, 0.15) is 282 Å². The molecule has 0 aromatic rings. The largest absolute Gasteiger partial charge is 0.369 e. The van der Waals surface area contributed by atoms with Crippen LogP contribution in [0.25, 0.3) is 0 Å². The van der Waals surface area contributed by atoms with E-state index in [9.17, 15) is 38.4 Å². The minimum absolute atomic E-state index is 0.0388. The molecule has 0 radical (unpaired) electrons. The van der Waals surface area contributed by atoms with Crippen molar-refractivity contribution in [1.82, 2.24) is 0 Å². The van der Waals surface area contributed by atoms with Gasteiger partial charge in [-0.2, -0.15) is 0 Å². The van der Waals surface area contributed by atoms with E-state index in [1.165, 1.54) is 0 Å². The van der Waals surface area contributed by atoms with E-state index in [4.69, 9.17) is 45.9 Å². The van der Waals surface area contributed by atoms with Crippen LogP contribution >= 0.6 is 0 Å². The molecule has 0 saturated heterocycles. The molecule has 0 heterocycles. The van der Waals surface area contributed by atoms with Crippen LogP contribution in [0.2, 0.25) is 0 Å². The molecule has 16 nitrogen and oxygen atoms in total. The van der Waals surface area contributed by atoms with E-state index in [1.807, 2.05) is 0 Å². The van der Waals surface area contributed by atoms with E-state index < -0.39 is 0 Å². The van der Waals surface area contributed by atoms with Gasteiger partial charge in [-0.3, -0.25) is 38.4 Å². The summed E-state index contributed by atoms with van der Waals surface area (Å²) in [5.41, 5.74) is 43.5. The molecule has 88 heavy (non-hydrogen) atoms. The molecule has 0 aromatic heterocycles. The predicted molar refractivity (Wildman–Crippen MR) is 359 cm³/mol. The minimum atomic E-state index is -0.201. The molecule has 0 bridgehead atoms. The molecule has 8 amide bonds. The monoisotopic (exact) mass is 1240 g/mol. The second-order valence-electron chi connectivity index (χ2n) is 36.7. The highest BCUT2D eigenvalue weighted by Gasteiger charge is 2.53. The molecule has 512 valence electrons. The zero-order valence-corrected chi connectivity index (χ0v) is 60.5. The van der Waals surface area contributed by atoms with Crippen LogP contribution < -0.4 is 45.9 Å². The molecule has 16 heteroatoms. The van der Waals surface area contributed by atoms with Gasteiger partial charge in [0.15, 0.2) is 0 Å². The van der Waals surface area contributed by atoms with Gasteiger partial charge >= 0.3 is 0 Å². The van der Waals surface area contributed by atoms with E-state index in [0.29, 0.717) is 51.8 Å². The number of carbonyl (C=O) groups is 8. The average Bonchev–Trinajstić information content (AvgIpc) is 3.09. The highest BCUT2D eigenvalue weighted by atomic mass is 16.2. The van der Waals surface area contributed by atoms with Gasteiger partial charge in [-0.15, -0.1) is 0 Å². The lowest BCUT2D eigenvalue weighted by molar-refractivity contribution is -0.142. The van der Waals surface area contributed by atoms with Gasteiger partial charge in [0.1, 0.15) is 0 Å². The molecule has 16 N–H and O–H groups in total. The molecule has 8 fully saturated rings. The highest BCUT2D eigenvalue weighted by molar-refractivity contribution is 5.83. The van der Waals surface area contributed by atoms with Crippen molar-refractivity contribution in [2.45, 2.75) is 282 Å². The fraction of sp³-hybridized carbons (Fsp3) is 0.889. The Balaban J connectivity index is 0.000000503. The van der Waals surface area contributed by atoms with Crippen molar-refractivity contribution < 1.29 is 38.4 Å². The molecule has 0 aromatic carbocycles. The molecule has 6 unspecified atom stereocenters. The third kappa shape index (κ3) is 22.9. The van der Waals surface area contributed by atoms with Crippen LogP contribution in [0, 0.1) is 125 Å². The Bertz CT molecular complexity index is 2080. The van der Waals surface area contributed by atoms with Crippen LogP contribution in [0.4, 0.5) is 0 Å². The summed E-state index contributed by atoms with van der Waals surface area (Å²) in [6, 6.07) is 0. The highest BCUT2D eigenvalue weighted by Crippen LogP contribution is 2.55. The average molecular weight is 1240 g/mol. The lowest BCUT2D eigenvalue weighted by Crippen LogP contribution is -2.51. The van der Waals surface area contributed by atoms with Gasteiger partial charge in [0.05, 0.1) is 10.8 Å². The van der Waals surface area contributed by atoms with Crippen molar-refractivity contribution >= 4 is 47.3 Å². The molecule has 0 aliphatic heterocycles. The fourth-order valence-electron chi connectivity index (χ4n) is 14.1. The van der Waals surface area contributed by atoms with Crippen LogP contribution in [0.3, 0.4) is 0 Å². The Morgan fingerprint density at radius 2 is 0.455 bits per heavy atom. The number of hydrogen-bond donors (Lipinski definition) is 8. The van der Waals surface area contributed by atoms with Gasteiger partial charge < -0.3 is 45.9 Å². The van der Waals surface area contributed by atoms with E-state index in [1.54, 1.807) is 0 Å². The van der Waals surface area contributed by atoms with E-state index >= 15 is 0 Å². The maximum atomic E-state index is 11.2. The molecule has 8 aliphatic carbocycles. The lowest BCUT2D eigenvalue weighted by Gasteiger charge is -2.49. The summed E-state index contributed by atoms with van der Waals surface area (Å²) < 4.78 is 0. The first kappa shape index (κ1) is 81.8. The van der Waals surface area contributed by atoms with Crippen molar-refractivity contribution in [1.29, 1.82) is 0 Å². The molecule has 8 aliphatic rings. The van der Waals surface area contributed by atoms with Gasteiger partial charge in [-0.1, -0.05) is 179 Å². The molecule has 0 spiro atoms. The van der Waals surface area contributed by atoms with E-state index in [-0.39, 0.29) is 121 Å². The van der Waals surface area contributed by atoms with Crippen LogP contribution in [-0.4, -0.2) is 47.3 Å². The SMILES string of the molecule is CC(C)(C)C1(C(N)=O)CCC1.CC(C)(C)C1(C(N)=O)CCC1.CC(C)(C)C1CC(C(N)=O)C1.CC(C)(C)C1CC(C(N)=O)C1.CC(C)(C)C1CC(C(N)=O)C1.CC(C)(C)C1CCC1C(N)=O.CC(C)(C)C1CCC1C(N)=O.CC(C)(C)C1CCC1C(N)=O. The zero-order chi connectivity index (χ0) is 69.3. The normalized spacial score (nSPS) is 29.0. The molecular formula is C72H136N8O8. The number of carbonyl (C=O) groups excluding carboxylic acids is 8. The number of rotatable bonds is 8. The van der Waals surface area contributed by atoms with Gasteiger partial charge in [0.25, 0.3) is 0 Å². The first-order valence-corrected chi connectivity index (χ1v) is 33.7. The molecule has 8 saturated carbocycles. The summed E-state index contributed by atoms with van der Waals surface area (Å²) in [7, 11) is 0. The summed E-state index contributed by atoms with van der Waals surface area (Å²) in [6.07, 6.45) is 18.7. The van der Waals surface area contributed by atoms with Gasteiger partial charge in [-0.25, -0.2) is 0 Å². The lowest BCUT2D eigenvalue weighted by atomic mass is 9.54. The summed E-state index contributed by atoms with van der Waals surface area (Å²) in [6.45, 7) is 52.1. The standard InChI is InChI=1S/8C9H17NO/c3*1-9(2,3)7-4-6(5-7)8(10)11;2*1-8(2,3)9(7(10)11)5-4-6-9;3*1-9(2,3)7-5-4-6(7)8(10)11/h3*6-7H,4-5H2,1-3H3,(H2,10,11);2*4-6H2,1-3H3,(H2,10,11);3*6-7H,4-5H2,1-3H3,(H2,10,11). The topological polar surface area (TPSA) is 345 Å². The van der Waals surface area contributed by atoms with Crippen molar-refractivity contribution in [3.05, 3.63) is 0 Å². The number of amides is 8.